The third-order valence-electron chi connectivity index (χ3n) is 4.12. The predicted molar refractivity (Wildman–Crippen MR) is 91.8 cm³/mol. The fraction of sp³-hybridized carbons (Fsp3) is 0.471. The normalized spacial score (nSPS) is 14.0. The van der Waals surface area contributed by atoms with Crippen molar-refractivity contribution in [3.8, 4) is 22.9 Å². The van der Waals surface area contributed by atoms with E-state index in [0.29, 0.717) is 41.9 Å². The van der Waals surface area contributed by atoms with Crippen molar-refractivity contribution in [2.75, 3.05) is 39.2 Å². The van der Waals surface area contributed by atoms with Crippen LogP contribution in [-0.4, -0.2) is 54.8 Å². The molecular weight excluding hydrogens is 324 g/mol. The number of hydrogen-bond acceptors (Lipinski definition) is 7. The highest BCUT2D eigenvalue weighted by molar-refractivity contribution is 5.78. The van der Waals surface area contributed by atoms with Gasteiger partial charge in [0.2, 0.25) is 11.7 Å². The molecule has 1 aromatic heterocycles. The maximum Gasteiger partial charge on any atom is 0.321 e. The molecule has 1 saturated heterocycles. The first kappa shape index (κ1) is 17.1. The number of aromatic nitrogens is 2. The largest absolute Gasteiger partial charge is 0.493 e. The van der Waals surface area contributed by atoms with E-state index in [1.807, 2.05) is 17.0 Å². The summed E-state index contributed by atoms with van der Waals surface area (Å²) < 4.78 is 15.9. The minimum Gasteiger partial charge on any atom is -0.493 e. The van der Waals surface area contributed by atoms with Gasteiger partial charge in [0.05, 0.1) is 19.8 Å². The first-order chi connectivity index (χ1) is 12.2. The Balaban J connectivity index is 1.58. The summed E-state index contributed by atoms with van der Waals surface area (Å²) in [6.45, 7) is 2.26. The molecule has 8 nitrogen and oxygen atoms in total. The number of para-hydroxylation sites is 1. The summed E-state index contributed by atoms with van der Waals surface area (Å²) in [5.74, 6) is 1.83. The van der Waals surface area contributed by atoms with Gasteiger partial charge in [-0.1, -0.05) is 11.2 Å². The van der Waals surface area contributed by atoms with E-state index in [9.17, 15) is 4.79 Å². The van der Waals surface area contributed by atoms with Gasteiger partial charge in [0.15, 0.2) is 11.5 Å². The van der Waals surface area contributed by atoms with Crippen molar-refractivity contribution >= 4 is 11.9 Å². The lowest BCUT2D eigenvalue weighted by Crippen LogP contribution is -2.26. The van der Waals surface area contributed by atoms with E-state index in [1.165, 1.54) is 0 Å². The SMILES string of the molecule is COc1cccc(-c2noc(NCCCN3CCCC3=O)n2)c1OC. The van der Waals surface area contributed by atoms with Gasteiger partial charge in [0.1, 0.15) is 0 Å². The summed E-state index contributed by atoms with van der Waals surface area (Å²) >= 11 is 0. The van der Waals surface area contributed by atoms with Gasteiger partial charge in [-0.05, 0) is 25.0 Å². The Labute approximate surface area is 146 Å². The van der Waals surface area contributed by atoms with Crippen LogP contribution in [0.25, 0.3) is 11.4 Å². The third-order valence-corrected chi connectivity index (χ3v) is 4.12. The number of anilines is 1. The molecule has 2 heterocycles. The van der Waals surface area contributed by atoms with Crippen LogP contribution in [0.15, 0.2) is 22.7 Å². The molecule has 8 heteroatoms. The van der Waals surface area contributed by atoms with Gasteiger partial charge in [-0.15, -0.1) is 0 Å². The monoisotopic (exact) mass is 346 g/mol. The van der Waals surface area contributed by atoms with Crippen LogP contribution in [0.4, 0.5) is 6.01 Å². The number of hydrogen-bond donors (Lipinski definition) is 1. The summed E-state index contributed by atoms with van der Waals surface area (Å²) in [6.07, 6.45) is 2.45. The fourth-order valence-corrected chi connectivity index (χ4v) is 2.87. The Hall–Kier alpha value is -2.77. The Morgan fingerprint density at radius 1 is 1.32 bits per heavy atom. The first-order valence-electron chi connectivity index (χ1n) is 8.29. The Morgan fingerprint density at radius 2 is 2.20 bits per heavy atom. The number of nitrogens with one attached hydrogen (secondary N) is 1. The van der Waals surface area contributed by atoms with Crippen molar-refractivity contribution in [3.05, 3.63) is 18.2 Å². The maximum absolute atomic E-state index is 11.6. The second-order valence-electron chi connectivity index (χ2n) is 5.73. The zero-order chi connectivity index (χ0) is 17.6. The van der Waals surface area contributed by atoms with E-state index in [0.717, 1.165) is 25.9 Å². The minimum absolute atomic E-state index is 0.241. The maximum atomic E-state index is 11.6. The van der Waals surface area contributed by atoms with E-state index in [2.05, 4.69) is 15.5 Å². The van der Waals surface area contributed by atoms with Crippen LogP contribution in [0.3, 0.4) is 0 Å². The lowest BCUT2D eigenvalue weighted by Gasteiger charge is -2.14. The number of carbonyl (C=O) groups excluding carboxylic acids is 1. The summed E-state index contributed by atoms with van der Waals surface area (Å²) in [5, 5.41) is 7.08. The molecule has 0 spiro atoms. The zero-order valence-corrected chi connectivity index (χ0v) is 14.4. The topological polar surface area (TPSA) is 89.7 Å². The summed E-state index contributed by atoms with van der Waals surface area (Å²) in [4.78, 5) is 17.8. The molecule has 1 amide bonds. The molecule has 0 saturated carbocycles. The molecule has 0 atom stereocenters. The molecule has 0 bridgehead atoms. The molecule has 0 radical (unpaired) electrons. The number of amides is 1. The minimum atomic E-state index is 0.241. The second-order valence-corrected chi connectivity index (χ2v) is 5.73. The number of ether oxygens (including phenoxy) is 2. The molecule has 134 valence electrons. The Kier molecular flexibility index (Phi) is 5.37. The highest BCUT2D eigenvalue weighted by Gasteiger charge is 2.19. The van der Waals surface area contributed by atoms with Gasteiger partial charge in [-0.25, -0.2) is 0 Å². The van der Waals surface area contributed by atoms with Crippen molar-refractivity contribution in [1.29, 1.82) is 0 Å². The average molecular weight is 346 g/mol. The van der Waals surface area contributed by atoms with Gasteiger partial charge < -0.3 is 24.2 Å². The molecule has 1 fully saturated rings. The highest BCUT2D eigenvalue weighted by atomic mass is 16.5. The summed E-state index contributed by atoms with van der Waals surface area (Å²) in [5.41, 5.74) is 0.696. The Bertz CT molecular complexity index is 731. The number of carbonyl (C=O) groups is 1. The van der Waals surface area contributed by atoms with Crippen molar-refractivity contribution in [2.45, 2.75) is 19.3 Å². The van der Waals surface area contributed by atoms with Crippen LogP contribution in [0.2, 0.25) is 0 Å². The van der Waals surface area contributed by atoms with Crippen LogP contribution in [0, 0.1) is 0 Å². The second kappa shape index (κ2) is 7.87. The molecule has 1 N–H and O–H groups in total. The third kappa shape index (κ3) is 3.84. The predicted octanol–water partition coefficient (Wildman–Crippen LogP) is 2.18. The van der Waals surface area contributed by atoms with Crippen molar-refractivity contribution in [2.24, 2.45) is 0 Å². The molecule has 0 unspecified atom stereocenters. The van der Waals surface area contributed by atoms with E-state index < -0.39 is 0 Å². The van der Waals surface area contributed by atoms with Crippen molar-refractivity contribution < 1.29 is 18.8 Å². The van der Waals surface area contributed by atoms with Crippen LogP contribution in [0.5, 0.6) is 11.5 Å². The van der Waals surface area contributed by atoms with Gasteiger partial charge in [-0.2, -0.15) is 4.98 Å². The van der Waals surface area contributed by atoms with E-state index in [4.69, 9.17) is 14.0 Å². The van der Waals surface area contributed by atoms with Crippen LogP contribution in [0.1, 0.15) is 19.3 Å². The van der Waals surface area contributed by atoms with Crippen LogP contribution < -0.4 is 14.8 Å². The highest BCUT2D eigenvalue weighted by Crippen LogP contribution is 2.36. The molecule has 2 aromatic rings. The molecular formula is C17H22N4O4. The molecule has 1 aliphatic heterocycles. The van der Waals surface area contributed by atoms with Crippen LogP contribution >= 0.6 is 0 Å². The number of benzene rings is 1. The lowest BCUT2D eigenvalue weighted by molar-refractivity contribution is -0.127. The van der Waals surface area contributed by atoms with Gasteiger partial charge in [0, 0.05) is 26.1 Å². The molecule has 0 aliphatic carbocycles. The molecule has 25 heavy (non-hydrogen) atoms. The number of rotatable bonds is 8. The summed E-state index contributed by atoms with van der Waals surface area (Å²) in [6, 6.07) is 5.83. The molecule has 1 aromatic carbocycles. The number of methoxy groups -OCH3 is 2. The standard InChI is InChI=1S/C17H22N4O4/c1-23-13-7-3-6-12(15(13)24-2)16-19-17(25-20-16)18-9-5-11-21-10-4-8-14(21)22/h3,6-7H,4-5,8-11H2,1-2H3,(H,18,19,20). The van der Waals surface area contributed by atoms with Gasteiger partial charge in [-0.3, -0.25) is 4.79 Å². The Morgan fingerprint density at radius 3 is 2.92 bits per heavy atom. The van der Waals surface area contributed by atoms with Crippen molar-refractivity contribution in [3.63, 3.8) is 0 Å². The van der Waals surface area contributed by atoms with Crippen molar-refractivity contribution in [1.82, 2.24) is 15.0 Å². The van der Waals surface area contributed by atoms with E-state index in [-0.39, 0.29) is 5.91 Å². The number of nitrogens with zero attached hydrogens (tertiary/aromatic N) is 3. The number of likely N-dealkylation sites (tertiary alicyclic amines) is 1. The fourth-order valence-electron chi connectivity index (χ4n) is 2.87. The average Bonchev–Trinajstić information content (AvgIpc) is 3.27. The first-order valence-corrected chi connectivity index (χ1v) is 8.29. The van der Waals surface area contributed by atoms with E-state index >= 15 is 0 Å². The zero-order valence-electron chi connectivity index (χ0n) is 14.4. The van der Waals surface area contributed by atoms with Gasteiger partial charge in [0.25, 0.3) is 0 Å². The van der Waals surface area contributed by atoms with Gasteiger partial charge >= 0.3 is 6.01 Å². The van der Waals surface area contributed by atoms with E-state index in [1.54, 1.807) is 20.3 Å². The molecule has 3 rings (SSSR count). The summed E-state index contributed by atoms with van der Waals surface area (Å²) in [7, 11) is 3.15. The molecule has 1 aliphatic rings. The van der Waals surface area contributed by atoms with Crippen LogP contribution in [-0.2, 0) is 4.79 Å². The quantitative estimate of drug-likeness (QED) is 0.733. The lowest BCUT2D eigenvalue weighted by atomic mass is 10.2. The smallest absolute Gasteiger partial charge is 0.321 e.